The van der Waals surface area contributed by atoms with Crippen molar-refractivity contribution in [1.29, 1.82) is 0 Å². The van der Waals surface area contributed by atoms with E-state index in [1.165, 1.54) is 24.3 Å². The van der Waals surface area contributed by atoms with Gasteiger partial charge in [-0.3, -0.25) is 8.37 Å². The summed E-state index contributed by atoms with van der Waals surface area (Å²) in [5, 5.41) is 0. The molecule has 0 radical (unpaired) electrons. The molecule has 0 atom stereocenters. The van der Waals surface area contributed by atoms with Crippen LogP contribution in [-0.4, -0.2) is 41.0 Å². The number of nitrogens with one attached hydrogen (secondary N) is 2. The average molecular weight is 549 g/mol. The summed E-state index contributed by atoms with van der Waals surface area (Å²) in [4.78, 5) is 6.80. The first-order valence-corrected chi connectivity index (χ1v) is 14.3. The third-order valence-electron chi connectivity index (χ3n) is 6.24. The van der Waals surface area contributed by atoms with Gasteiger partial charge in [-0.2, -0.15) is 16.8 Å². The van der Waals surface area contributed by atoms with Crippen molar-refractivity contribution >= 4 is 20.2 Å². The van der Waals surface area contributed by atoms with E-state index in [1.54, 1.807) is 24.3 Å². The number of hydrogen-bond donors (Lipinski definition) is 2. The number of aromatic nitrogens is 2. The first kappa shape index (κ1) is 25.7. The van der Waals surface area contributed by atoms with E-state index in [2.05, 4.69) is 24.4 Å². The van der Waals surface area contributed by atoms with Crippen LogP contribution in [0.25, 0.3) is 44.8 Å². The molecular weight excluding hydrogens is 524 g/mol. The second-order valence-corrected chi connectivity index (χ2v) is 11.9. The van der Waals surface area contributed by atoms with Crippen molar-refractivity contribution in [3.63, 3.8) is 0 Å². The largest absolute Gasteiger partial charge is 0.361 e. The van der Waals surface area contributed by atoms with Gasteiger partial charge in [0.25, 0.3) is 20.2 Å². The number of hydrogen-bond acceptors (Lipinski definition) is 6. The third-order valence-corrected chi connectivity index (χ3v) is 8.82. The number of aromatic amines is 2. The Balaban J connectivity index is 1.38. The third kappa shape index (κ3) is 5.07. The molecule has 194 valence electrons. The van der Waals surface area contributed by atoms with E-state index in [9.17, 15) is 16.8 Å². The molecule has 0 bridgehead atoms. The van der Waals surface area contributed by atoms with E-state index < -0.39 is 20.2 Å². The van der Waals surface area contributed by atoms with E-state index >= 15 is 0 Å². The van der Waals surface area contributed by atoms with Gasteiger partial charge in [0.15, 0.2) is 0 Å². The summed E-state index contributed by atoms with van der Waals surface area (Å²) in [5.74, 6) is 0. The molecule has 10 heteroatoms. The highest BCUT2D eigenvalue weighted by Crippen LogP contribution is 2.31. The Labute approximate surface area is 221 Å². The highest BCUT2D eigenvalue weighted by molar-refractivity contribution is 7.87. The Morgan fingerprint density at radius 2 is 0.895 bits per heavy atom. The Morgan fingerprint density at radius 1 is 0.500 bits per heavy atom. The second kappa shape index (κ2) is 10.1. The van der Waals surface area contributed by atoms with Crippen molar-refractivity contribution in [3.05, 3.63) is 97.3 Å². The fraction of sp³-hybridized carbons (Fsp3) is 0.0714. The van der Waals surface area contributed by atoms with E-state index in [4.69, 9.17) is 0 Å². The maximum Gasteiger partial charge on any atom is 0.296 e. The molecule has 0 fully saturated rings. The van der Waals surface area contributed by atoms with E-state index in [0.29, 0.717) is 0 Å². The molecule has 0 aliphatic carbocycles. The number of benzene rings is 3. The summed E-state index contributed by atoms with van der Waals surface area (Å²) >= 11 is 0. The Hall–Kier alpha value is -3.96. The van der Waals surface area contributed by atoms with Crippen LogP contribution in [-0.2, 0) is 28.6 Å². The lowest BCUT2D eigenvalue weighted by Gasteiger charge is -2.04. The fourth-order valence-corrected chi connectivity index (χ4v) is 5.45. The van der Waals surface area contributed by atoms with Gasteiger partial charge in [-0.05, 0) is 75.8 Å². The second-order valence-electron chi connectivity index (χ2n) is 8.48. The normalized spacial score (nSPS) is 12.1. The topological polar surface area (TPSA) is 118 Å². The average Bonchev–Trinajstić information content (AvgIpc) is 3.64. The zero-order valence-electron chi connectivity index (χ0n) is 20.5. The lowest BCUT2D eigenvalue weighted by Crippen LogP contribution is -2.02. The minimum Gasteiger partial charge on any atom is -0.361 e. The standard InChI is InChI=1S/C28H24N2O6S2/c1-35-37(31,32)25-10-6-19(7-11-25)23-15-27(29-17-23)21-4-3-5-22(14-21)28-16-24(18-30-28)20-8-12-26(13-9-20)38(33,34)36-2/h3-18,29-30H,1-2H3. The van der Waals surface area contributed by atoms with Crippen molar-refractivity contribution in [2.75, 3.05) is 14.2 Å². The summed E-state index contributed by atoms with van der Waals surface area (Å²) < 4.78 is 56.6. The van der Waals surface area contributed by atoms with Gasteiger partial charge in [0, 0.05) is 23.8 Å². The van der Waals surface area contributed by atoms with Crippen LogP contribution in [0.5, 0.6) is 0 Å². The molecule has 5 rings (SSSR count). The molecule has 0 aliphatic rings. The van der Waals surface area contributed by atoms with Gasteiger partial charge in [0.2, 0.25) is 0 Å². The van der Waals surface area contributed by atoms with E-state index in [1.807, 2.05) is 42.7 Å². The molecule has 0 unspecified atom stereocenters. The van der Waals surface area contributed by atoms with Gasteiger partial charge in [0.05, 0.1) is 24.0 Å². The number of rotatable bonds is 8. The number of H-pyrrole nitrogens is 2. The fourth-order valence-electron chi connectivity index (χ4n) is 4.13. The van der Waals surface area contributed by atoms with Crippen LogP contribution in [0.4, 0.5) is 0 Å². The monoisotopic (exact) mass is 548 g/mol. The van der Waals surface area contributed by atoms with Crippen molar-refractivity contribution in [2.45, 2.75) is 9.79 Å². The Kier molecular flexibility index (Phi) is 6.80. The molecule has 0 aliphatic heterocycles. The minimum atomic E-state index is -3.73. The zero-order chi connectivity index (χ0) is 26.9. The molecule has 0 amide bonds. The van der Waals surface area contributed by atoms with Crippen LogP contribution in [0.1, 0.15) is 0 Å². The zero-order valence-corrected chi connectivity index (χ0v) is 22.1. The van der Waals surface area contributed by atoms with Gasteiger partial charge >= 0.3 is 0 Å². The maximum atomic E-state index is 11.9. The predicted molar refractivity (Wildman–Crippen MR) is 145 cm³/mol. The quantitative estimate of drug-likeness (QED) is 0.241. The smallest absolute Gasteiger partial charge is 0.296 e. The highest BCUT2D eigenvalue weighted by Gasteiger charge is 2.15. The molecule has 2 aromatic heterocycles. The van der Waals surface area contributed by atoms with E-state index in [-0.39, 0.29) is 9.79 Å². The predicted octanol–water partition coefficient (Wildman–Crippen LogP) is 5.68. The summed E-state index contributed by atoms with van der Waals surface area (Å²) in [6.07, 6.45) is 3.75. The Bertz CT molecular complexity index is 1670. The molecule has 5 aromatic rings. The van der Waals surface area contributed by atoms with Crippen LogP contribution in [0.3, 0.4) is 0 Å². The summed E-state index contributed by atoms with van der Waals surface area (Å²) in [5.41, 5.74) is 7.39. The SMILES string of the molecule is COS(=O)(=O)c1ccc(-c2c[nH]c(-c3cccc(-c4cc(-c5ccc(S(=O)(=O)OC)cc5)c[nH]4)c3)c2)cc1. The maximum absolute atomic E-state index is 11.9. The molecule has 0 saturated heterocycles. The van der Waals surface area contributed by atoms with Gasteiger partial charge in [-0.15, -0.1) is 0 Å². The van der Waals surface area contributed by atoms with Gasteiger partial charge in [-0.1, -0.05) is 42.5 Å². The van der Waals surface area contributed by atoms with Crippen LogP contribution in [0.15, 0.2) is 107 Å². The molecule has 38 heavy (non-hydrogen) atoms. The van der Waals surface area contributed by atoms with Crippen LogP contribution in [0, 0.1) is 0 Å². The highest BCUT2D eigenvalue weighted by atomic mass is 32.2. The first-order valence-electron chi connectivity index (χ1n) is 11.5. The summed E-state index contributed by atoms with van der Waals surface area (Å²) in [6, 6.07) is 25.1. The molecule has 0 saturated carbocycles. The molecule has 0 spiro atoms. The lowest BCUT2D eigenvalue weighted by molar-refractivity contribution is 0.396. The van der Waals surface area contributed by atoms with Crippen LogP contribution >= 0.6 is 0 Å². The Morgan fingerprint density at radius 3 is 1.26 bits per heavy atom. The molecule has 2 heterocycles. The van der Waals surface area contributed by atoms with Gasteiger partial charge in [0.1, 0.15) is 0 Å². The van der Waals surface area contributed by atoms with Crippen molar-refractivity contribution < 1.29 is 25.2 Å². The van der Waals surface area contributed by atoms with Gasteiger partial charge in [-0.25, -0.2) is 0 Å². The van der Waals surface area contributed by atoms with Crippen molar-refractivity contribution in [3.8, 4) is 44.8 Å². The van der Waals surface area contributed by atoms with Crippen LogP contribution in [0.2, 0.25) is 0 Å². The molecule has 3 aromatic carbocycles. The van der Waals surface area contributed by atoms with Gasteiger partial charge < -0.3 is 9.97 Å². The first-order chi connectivity index (χ1) is 18.2. The molecule has 2 N–H and O–H groups in total. The van der Waals surface area contributed by atoms with Crippen LogP contribution < -0.4 is 0 Å². The van der Waals surface area contributed by atoms with E-state index in [0.717, 1.165) is 59.0 Å². The minimum absolute atomic E-state index is 0.105. The summed E-state index contributed by atoms with van der Waals surface area (Å²) in [7, 11) is -5.19. The summed E-state index contributed by atoms with van der Waals surface area (Å²) in [6.45, 7) is 0. The lowest BCUT2D eigenvalue weighted by atomic mass is 10.0. The van der Waals surface area contributed by atoms with Crippen molar-refractivity contribution in [1.82, 2.24) is 9.97 Å². The molecule has 8 nitrogen and oxygen atoms in total. The van der Waals surface area contributed by atoms with Crippen molar-refractivity contribution in [2.24, 2.45) is 0 Å². The molecular formula is C28H24N2O6S2.